The van der Waals surface area contributed by atoms with E-state index in [1.54, 1.807) is 12.1 Å². The minimum atomic E-state index is -0.602. The first-order valence-electron chi connectivity index (χ1n) is 12.1. The van der Waals surface area contributed by atoms with E-state index in [9.17, 15) is 14.4 Å². The molecule has 1 saturated heterocycles. The molecule has 2 aromatic rings. The maximum atomic E-state index is 12.9. The third-order valence-electron chi connectivity index (χ3n) is 6.64. The maximum absolute atomic E-state index is 12.9. The zero-order valence-corrected chi connectivity index (χ0v) is 20.8. The number of thiophene rings is 1. The maximum Gasteiger partial charge on any atom is 0.411 e. The molecule has 1 saturated carbocycles. The van der Waals surface area contributed by atoms with E-state index >= 15 is 0 Å². The fourth-order valence-corrected chi connectivity index (χ4v) is 5.35. The van der Waals surface area contributed by atoms with Crippen molar-refractivity contribution in [1.29, 1.82) is 0 Å². The highest BCUT2D eigenvalue weighted by atomic mass is 32.1. The highest BCUT2D eigenvalue weighted by molar-refractivity contribution is 7.12. The number of carbonyl (C=O) groups is 3. The molecule has 0 spiro atoms. The number of rotatable bonds is 5. The molecule has 1 aromatic carbocycles. The number of carbonyl (C=O) groups excluding carboxylic acids is 3. The molecule has 2 heterocycles. The minimum Gasteiger partial charge on any atom is -0.453 e. The van der Waals surface area contributed by atoms with Crippen molar-refractivity contribution in [3.63, 3.8) is 0 Å². The summed E-state index contributed by atoms with van der Waals surface area (Å²) in [4.78, 5) is 42.5. The Hall–Kier alpha value is -3.11. The summed E-state index contributed by atoms with van der Waals surface area (Å²) >= 11 is 1.45. The first-order chi connectivity index (χ1) is 16.9. The van der Waals surface area contributed by atoms with Crippen molar-refractivity contribution in [3.8, 4) is 0 Å². The Kier molecular flexibility index (Phi) is 8.25. The van der Waals surface area contributed by atoms with Gasteiger partial charge in [-0.1, -0.05) is 6.07 Å². The van der Waals surface area contributed by atoms with Crippen LogP contribution in [0.3, 0.4) is 0 Å². The van der Waals surface area contributed by atoms with E-state index in [0.717, 1.165) is 49.2 Å². The van der Waals surface area contributed by atoms with Crippen LogP contribution in [0.4, 0.5) is 16.2 Å². The first kappa shape index (κ1) is 25.0. The number of nitrogens with two attached hydrogens (primary N) is 1. The number of nitrogens with zero attached hydrogens (tertiary/aromatic N) is 2. The van der Waals surface area contributed by atoms with Crippen molar-refractivity contribution >= 4 is 40.6 Å². The van der Waals surface area contributed by atoms with Gasteiger partial charge in [0.25, 0.3) is 11.8 Å². The predicted molar refractivity (Wildman–Crippen MR) is 137 cm³/mol. The Morgan fingerprint density at radius 3 is 2.57 bits per heavy atom. The molecule has 1 aliphatic heterocycles. The van der Waals surface area contributed by atoms with E-state index in [1.165, 1.54) is 18.4 Å². The number of hydrogen-bond donors (Lipinski definition) is 3. The molecule has 0 unspecified atom stereocenters. The van der Waals surface area contributed by atoms with Crippen molar-refractivity contribution < 1.29 is 19.1 Å². The number of amides is 3. The molecular weight excluding hydrogens is 466 g/mol. The summed E-state index contributed by atoms with van der Waals surface area (Å²) in [5, 5.41) is 7.76. The fraction of sp³-hybridized carbons (Fsp3) is 0.480. The van der Waals surface area contributed by atoms with Crippen LogP contribution in [0.2, 0.25) is 0 Å². The van der Waals surface area contributed by atoms with Crippen LogP contribution >= 0.6 is 11.3 Å². The lowest BCUT2D eigenvalue weighted by atomic mass is 9.91. The zero-order valence-electron chi connectivity index (χ0n) is 20.0. The molecule has 1 aliphatic carbocycles. The van der Waals surface area contributed by atoms with Crippen molar-refractivity contribution in [2.24, 2.45) is 5.73 Å². The average Bonchev–Trinajstić information content (AvgIpc) is 3.30. The number of benzene rings is 1. The number of nitrogens with one attached hydrogen (secondary N) is 2. The number of methoxy groups -OCH3 is 1. The van der Waals surface area contributed by atoms with Crippen LogP contribution in [0, 0.1) is 0 Å². The van der Waals surface area contributed by atoms with Gasteiger partial charge in [0.2, 0.25) is 0 Å². The van der Waals surface area contributed by atoms with E-state index in [1.807, 2.05) is 28.5 Å². The molecule has 9 nitrogen and oxygen atoms in total. The Bertz CT molecular complexity index is 1040. The fourth-order valence-electron chi connectivity index (χ4n) is 4.66. The van der Waals surface area contributed by atoms with Gasteiger partial charge in [0.05, 0.1) is 23.4 Å². The standard InChI is InChI=1S/C25H33N5O4S/c1-34-25(33)28-20-16-17(23(31)27-19-8-6-18(26)7-9-19)5-10-21(20)29-11-3-12-30(14-13-29)24(32)22-4-2-15-35-22/h2,4-5,10,15-16,18-19H,3,6-9,11-14,26H2,1H3,(H,27,31)(H,28,33). The molecule has 3 amide bonds. The molecular formula is C25H33N5O4S. The van der Waals surface area contributed by atoms with Gasteiger partial charge in [-0.15, -0.1) is 11.3 Å². The first-order valence-corrected chi connectivity index (χ1v) is 13.0. The van der Waals surface area contributed by atoms with Gasteiger partial charge in [-0.05, 0) is 61.7 Å². The normalized spacial score (nSPS) is 20.6. The molecule has 4 N–H and O–H groups in total. The van der Waals surface area contributed by atoms with E-state index < -0.39 is 6.09 Å². The summed E-state index contributed by atoms with van der Waals surface area (Å²) in [6.45, 7) is 2.57. The third-order valence-corrected chi connectivity index (χ3v) is 7.50. The zero-order chi connectivity index (χ0) is 24.8. The molecule has 2 fully saturated rings. The van der Waals surface area contributed by atoms with Crippen LogP contribution in [0.15, 0.2) is 35.7 Å². The van der Waals surface area contributed by atoms with Crippen molar-refractivity contribution in [3.05, 3.63) is 46.2 Å². The van der Waals surface area contributed by atoms with Gasteiger partial charge in [-0.3, -0.25) is 14.9 Å². The smallest absolute Gasteiger partial charge is 0.411 e. The van der Waals surface area contributed by atoms with Gasteiger partial charge >= 0.3 is 6.09 Å². The summed E-state index contributed by atoms with van der Waals surface area (Å²) < 4.78 is 4.81. The number of anilines is 2. The van der Waals surface area contributed by atoms with Crippen LogP contribution in [0.25, 0.3) is 0 Å². The van der Waals surface area contributed by atoms with Crippen molar-refractivity contribution in [1.82, 2.24) is 10.2 Å². The molecule has 0 bridgehead atoms. The Morgan fingerprint density at radius 1 is 1.06 bits per heavy atom. The summed E-state index contributed by atoms with van der Waals surface area (Å²) in [5.41, 5.74) is 7.75. The van der Waals surface area contributed by atoms with Gasteiger partial charge < -0.3 is 25.6 Å². The summed E-state index contributed by atoms with van der Waals surface area (Å²) in [6, 6.07) is 9.37. The SMILES string of the molecule is COC(=O)Nc1cc(C(=O)NC2CCC(N)CC2)ccc1N1CCCN(C(=O)c2cccs2)CC1. The Labute approximate surface area is 209 Å². The Balaban J connectivity index is 1.48. The molecule has 0 radical (unpaired) electrons. The lowest BCUT2D eigenvalue weighted by Crippen LogP contribution is -2.40. The van der Waals surface area contributed by atoms with Crippen LogP contribution in [-0.2, 0) is 4.74 Å². The second kappa shape index (κ2) is 11.5. The summed E-state index contributed by atoms with van der Waals surface area (Å²) in [6.07, 6.45) is 3.73. The highest BCUT2D eigenvalue weighted by Crippen LogP contribution is 2.29. The van der Waals surface area contributed by atoms with Gasteiger partial charge in [-0.25, -0.2) is 4.79 Å². The molecule has 2 aliphatic rings. The van der Waals surface area contributed by atoms with E-state index in [0.29, 0.717) is 30.9 Å². The quantitative estimate of drug-likeness (QED) is 0.581. The van der Waals surface area contributed by atoms with Gasteiger partial charge in [0.15, 0.2) is 0 Å². The number of ether oxygens (including phenoxy) is 1. The van der Waals surface area contributed by atoms with Gasteiger partial charge in [0, 0.05) is 43.8 Å². The monoisotopic (exact) mass is 499 g/mol. The molecule has 1 aromatic heterocycles. The highest BCUT2D eigenvalue weighted by Gasteiger charge is 2.24. The van der Waals surface area contributed by atoms with Crippen LogP contribution < -0.4 is 21.3 Å². The van der Waals surface area contributed by atoms with E-state index in [2.05, 4.69) is 15.5 Å². The van der Waals surface area contributed by atoms with Crippen molar-refractivity contribution in [2.75, 3.05) is 43.5 Å². The Morgan fingerprint density at radius 2 is 1.86 bits per heavy atom. The lowest BCUT2D eigenvalue weighted by molar-refractivity contribution is 0.0771. The van der Waals surface area contributed by atoms with Gasteiger partial charge in [-0.2, -0.15) is 0 Å². The predicted octanol–water partition coefficient (Wildman–Crippen LogP) is 3.28. The van der Waals surface area contributed by atoms with Crippen molar-refractivity contribution in [2.45, 2.75) is 44.2 Å². The molecule has 4 rings (SSSR count). The third kappa shape index (κ3) is 6.32. The van der Waals surface area contributed by atoms with Gasteiger partial charge in [0.1, 0.15) is 0 Å². The second-order valence-electron chi connectivity index (χ2n) is 9.04. The summed E-state index contributed by atoms with van der Waals surface area (Å²) in [7, 11) is 1.30. The average molecular weight is 500 g/mol. The minimum absolute atomic E-state index is 0.0467. The topological polar surface area (TPSA) is 117 Å². The van der Waals surface area contributed by atoms with Crippen LogP contribution in [-0.4, -0.2) is 68.2 Å². The van der Waals surface area contributed by atoms with E-state index in [-0.39, 0.29) is 23.9 Å². The molecule has 10 heteroatoms. The second-order valence-corrected chi connectivity index (χ2v) is 9.99. The van der Waals surface area contributed by atoms with E-state index in [4.69, 9.17) is 10.5 Å². The molecule has 188 valence electrons. The molecule has 35 heavy (non-hydrogen) atoms. The van der Waals surface area contributed by atoms with Crippen LogP contribution in [0.1, 0.15) is 52.1 Å². The number of hydrogen-bond acceptors (Lipinski definition) is 7. The summed E-state index contributed by atoms with van der Waals surface area (Å²) in [5.74, 6) is -0.126. The molecule has 0 atom stereocenters. The van der Waals surface area contributed by atoms with Crippen LogP contribution in [0.5, 0.6) is 0 Å². The lowest BCUT2D eigenvalue weighted by Gasteiger charge is -2.28. The largest absolute Gasteiger partial charge is 0.453 e.